The van der Waals surface area contributed by atoms with E-state index < -0.39 is 0 Å². The Morgan fingerprint density at radius 1 is 1.09 bits per heavy atom. The molecule has 2 aromatic heterocycles. The van der Waals surface area contributed by atoms with Gasteiger partial charge in [-0.25, -0.2) is 9.97 Å². The third kappa shape index (κ3) is 4.12. The van der Waals surface area contributed by atoms with E-state index in [4.69, 9.17) is 0 Å². The standard InChI is InChI=1S/C24H24N6O2/c31-21(13-26-24(32)18-8-7-16-4-1-2-5-17(16)12-18)29-19-6-3-11-30(14-19)23-20-9-10-25-22(20)27-15-28-23/h1-2,4-5,7-10,12,15,19H,3,6,11,13-14H2,(H,26,32)(H,29,31)(H,25,27,28). The van der Waals surface area contributed by atoms with E-state index in [1.54, 1.807) is 12.4 Å². The van der Waals surface area contributed by atoms with Crippen LogP contribution in [0.3, 0.4) is 0 Å². The van der Waals surface area contributed by atoms with Crippen molar-refractivity contribution in [1.29, 1.82) is 0 Å². The number of anilines is 1. The molecule has 162 valence electrons. The first-order valence-corrected chi connectivity index (χ1v) is 10.8. The Morgan fingerprint density at radius 3 is 2.88 bits per heavy atom. The van der Waals surface area contributed by atoms with Crippen molar-refractivity contribution in [1.82, 2.24) is 25.6 Å². The molecule has 0 saturated carbocycles. The number of H-pyrrole nitrogens is 1. The second kappa shape index (κ2) is 8.66. The highest BCUT2D eigenvalue weighted by Crippen LogP contribution is 2.25. The van der Waals surface area contributed by atoms with Crippen LogP contribution >= 0.6 is 0 Å². The minimum Gasteiger partial charge on any atom is -0.354 e. The number of benzene rings is 2. The summed E-state index contributed by atoms with van der Waals surface area (Å²) in [7, 11) is 0. The Bertz CT molecular complexity index is 1280. The van der Waals surface area contributed by atoms with Crippen LogP contribution in [0.1, 0.15) is 23.2 Å². The molecule has 4 aromatic rings. The predicted octanol–water partition coefficient (Wildman–Crippen LogP) is 2.63. The molecular weight excluding hydrogens is 404 g/mol. The largest absolute Gasteiger partial charge is 0.354 e. The third-order valence-electron chi connectivity index (χ3n) is 5.84. The molecule has 5 rings (SSSR count). The predicted molar refractivity (Wildman–Crippen MR) is 124 cm³/mol. The second-order valence-corrected chi connectivity index (χ2v) is 8.03. The lowest BCUT2D eigenvalue weighted by Crippen LogP contribution is -2.50. The van der Waals surface area contributed by atoms with Crippen LogP contribution in [-0.2, 0) is 4.79 Å². The maximum absolute atomic E-state index is 12.5. The number of carbonyl (C=O) groups excluding carboxylic acids is 2. The Kier molecular flexibility index (Phi) is 5.41. The molecule has 1 fully saturated rings. The molecule has 1 aliphatic heterocycles. The van der Waals surface area contributed by atoms with Gasteiger partial charge in [-0.3, -0.25) is 9.59 Å². The van der Waals surface area contributed by atoms with Crippen molar-refractivity contribution in [2.24, 2.45) is 0 Å². The first-order chi connectivity index (χ1) is 15.7. The number of hydrogen-bond acceptors (Lipinski definition) is 5. The van der Waals surface area contributed by atoms with Crippen LogP contribution in [0.5, 0.6) is 0 Å². The van der Waals surface area contributed by atoms with Crippen LogP contribution in [0, 0.1) is 0 Å². The molecule has 1 saturated heterocycles. The Morgan fingerprint density at radius 2 is 1.97 bits per heavy atom. The van der Waals surface area contributed by atoms with Gasteiger partial charge in [0.05, 0.1) is 11.9 Å². The van der Waals surface area contributed by atoms with E-state index in [0.717, 1.165) is 47.0 Å². The molecule has 0 bridgehead atoms. The number of rotatable bonds is 5. The van der Waals surface area contributed by atoms with Crippen LogP contribution in [0.25, 0.3) is 21.8 Å². The van der Waals surface area contributed by atoms with Gasteiger partial charge in [-0.2, -0.15) is 0 Å². The van der Waals surface area contributed by atoms with Gasteiger partial charge in [0, 0.05) is 30.9 Å². The molecule has 32 heavy (non-hydrogen) atoms. The minimum atomic E-state index is -0.257. The monoisotopic (exact) mass is 428 g/mol. The molecule has 2 amide bonds. The van der Waals surface area contributed by atoms with Crippen molar-refractivity contribution in [2.75, 3.05) is 24.5 Å². The highest BCUT2D eigenvalue weighted by atomic mass is 16.2. The van der Waals surface area contributed by atoms with Gasteiger partial charge in [0.2, 0.25) is 5.91 Å². The summed E-state index contributed by atoms with van der Waals surface area (Å²) in [6.07, 6.45) is 5.25. The number of nitrogens with zero attached hydrogens (tertiary/aromatic N) is 3. The molecule has 8 nitrogen and oxygen atoms in total. The number of nitrogens with one attached hydrogen (secondary N) is 3. The van der Waals surface area contributed by atoms with Gasteiger partial charge in [0.15, 0.2) is 0 Å². The number of piperidine rings is 1. The van der Waals surface area contributed by atoms with Gasteiger partial charge < -0.3 is 20.5 Å². The molecular formula is C24H24N6O2. The van der Waals surface area contributed by atoms with Gasteiger partial charge in [-0.1, -0.05) is 30.3 Å². The van der Waals surface area contributed by atoms with Crippen LogP contribution in [0.15, 0.2) is 61.1 Å². The zero-order valence-electron chi connectivity index (χ0n) is 17.5. The van der Waals surface area contributed by atoms with Gasteiger partial charge in [0.25, 0.3) is 5.91 Å². The lowest BCUT2D eigenvalue weighted by molar-refractivity contribution is -0.120. The van der Waals surface area contributed by atoms with Crippen molar-refractivity contribution in [3.05, 3.63) is 66.6 Å². The van der Waals surface area contributed by atoms with Gasteiger partial charge in [-0.05, 0) is 41.8 Å². The first kappa shape index (κ1) is 20.0. The number of fused-ring (bicyclic) bond motifs is 2. The lowest BCUT2D eigenvalue weighted by Gasteiger charge is -2.34. The molecule has 1 unspecified atom stereocenters. The van der Waals surface area contributed by atoms with Crippen molar-refractivity contribution in [3.63, 3.8) is 0 Å². The lowest BCUT2D eigenvalue weighted by atomic mass is 10.1. The summed E-state index contributed by atoms with van der Waals surface area (Å²) in [5, 5.41) is 8.82. The van der Waals surface area contributed by atoms with E-state index >= 15 is 0 Å². The van der Waals surface area contributed by atoms with E-state index in [1.807, 2.05) is 48.7 Å². The van der Waals surface area contributed by atoms with Crippen LogP contribution in [0.2, 0.25) is 0 Å². The van der Waals surface area contributed by atoms with E-state index in [0.29, 0.717) is 12.1 Å². The molecule has 0 radical (unpaired) electrons. The summed E-state index contributed by atoms with van der Waals surface area (Å²) in [4.78, 5) is 39.0. The molecule has 0 spiro atoms. The minimum absolute atomic E-state index is 0.00206. The average Bonchev–Trinajstić information content (AvgIpc) is 3.31. The fraction of sp³-hybridized carbons (Fsp3) is 0.250. The van der Waals surface area contributed by atoms with Gasteiger partial charge in [-0.15, -0.1) is 0 Å². The van der Waals surface area contributed by atoms with E-state index in [2.05, 4.69) is 30.5 Å². The average molecular weight is 428 g/mol. The number of hydrogen-bond donors (Lipinski definition) is 3. The molecule has 3 heterocycles. The highest BCUT2D eigenvalue weighted by Gasteiger charge is 2.24. The zero-order chi connectivity index (χ0) is 21.9. The summed E-state index contributed by atoms with van der Waals surface area (Å²) in [5.74, 6) is 0.423. The van der Waals surface area contributed by atoms with Crippen molar-refractivity contribution in [3.8, 4) is 0 Å². The number of amides is 2. The summed E-state index contributed by atoms with van der Waals surface area (Å²) >= 11 is 0. The molecule has 1 aliphatic rings. The Balaban J connectivity index is 1.17. The molecule has 1 atom stereocenters. The molecule has 0 aliphatic carbocycles. The van der Waals surface area contributed by atoms with Crippen molar-refractivity contribution in [2.45, 2.75) is 18.9 Å². The number of aromatic nitrogens is 3. The SMILES string of the molecule is O=C(CNC(=O)c1ccc2ccccc2c1)NC1CCCN(c2ncnc3[nH]ccc23)C1. The molecule has 8 heteroatoms. The number of carbonyl (C=O) groups is 2. The first-order valence-electron chi connectivity index (χ1n) is 10.8. The quantitative estimate of drug-likeness (QED) is 0.453. The summed E-state index contributed by atoms with van der Waals surface area (Å²) in [6.45, 7) is 1.49. The van der Waals surface area contributed by atoms with Crippen LogP contribution in [-0.4, -0.2) is 52.4 Å². The normalized spacial score (nSPS) is 16.2. The van der Waals surface area contributed by atoms with Gasteiger partial charge in [0.1, 0.15) is 17.8 Å². The van der Waals surface area contributed by atoms with Gasteiger partial charge >= 0.3 is 0 Å². The molecule has 2 aromatic carbocycles. The van der Waals surface area contributed by atoms with Crippen LogP contribution < -0.4 is 15.5 Å². The second-order valence-electron chi connectivity index (χ2n) is 8.03. The fourth-order valence-corrected chi connectivity index (χ4v) is 4.27. The summed E-state index contributed by atoms with van der Waals surface area (Å²) in [6, 6.07) is 15.4. The summed E-state index contributed by atoms with van der Waals surface area (Å²) < 4.78 is 0. The Labute approximate surface area is 185 Å². The number of aromatic amines is 1. The Hall–Kier alpha value is -3.94. The summed E-state index contributed by atoms with van der Waals surface area (Å²) in [5.41, 5.74) is 1.34. The fourth-order valence-electron chi connectivity index (χ4n) is 4.27. The zero-order valence-corrected chi connectivity index (χ0v) is 17.5. The molecule has 3 N–H and O–H groups in total. The smallest absolute Gasteiger partial charge is 0.251 e. The maximum atomic E-state index is 12.5. The van der Waals surface area contributed by atoms with E-state index in [-0.39, 0.29) is 24.4 Å². The highest BCUT2D eigenvalue weighted by molar-refractivity contribution is 6.00. The van der Waals surface area contributed by atoms with E-state index in [1.165, 1.54) is 0 Å². The topological polar surface area (TPSA) is 103 Å². The maximum Gasteiger partial charge on any atom is 0.251 e. The van der Waals surface area contributed by atoms with Crippen molar-refractivity contribution >= 4 is 39.4 Å². The van der Waals surface area contributed by atoms with Crippen LogP contribution in [0.4, 0.5) is 5.82 Å². The van der Waals surface area contributed by atoms with E-state index in [9.17, 15) is 9.59 Å². The van der Waals surface area contributed by atoms with Crippen molar-refractivity contribution < 1.29 is 9.59 Å². The third-order valence-corrected chi connectivity index (χ3v) is 5.84.